The van der Waals surface area contributed by atoms with Crippen molar-refractivity contribution in [1.82, 2.24) is 0 Å². The third kappa shape index (κ3) is 3.48. The van der Waals surface area contributed by atoms with Crippen LogP contribution in [0.15, 0.2) is 18.2 Å². The van der Waals surface area contributed by atoms with E-state index >= 15 is 0 Å². The molecule has 1 aromatic rings. The molecule has 0 amide bonds. The Hall–Kier alpha value is -1.10. The van der Waals surface area contributed by atoms with Crippen molar-refractivity contribution in [2.45, 2.75) is 12.8 Å². The van der Waals surface area contributed by atoms with E-state index in [0.29, 0.717) is 18.6 Å². The first kappa shape index (κ1) is 13.0. The Labute approximate surface area is 95.1 Å². The second kappa shape index (κ2) is 7.22. The highest BCUT2D eigenvalue weighted by molar-refractivity contribution is 5.40. The summed E-state index contributed by atoms with van der Waals surface area (Å²) in [6.07, 6.45) is 1.04. The Morgan fingerprint density at radius 3 is 2.31 bits per heavy atom. The van der Waals surface area contributed by atoms with Gasteiger partial charge in [0.15, 0.2) is 0 Å². The van der Waals surface area contributed by atoms with Crippen LogP contribution < -0.4 is 4.74 Å². The molecule has 1 rings (SSSR count). The Morgan fingerprint density at radius 1 is 0.938 bits per heavy atom. The maximum Gasteiger partial charge on any atom is 0.122 e. The molecule has 3 N–H and O–H groups in total. The number of hydrogen-bond donors (Lipinski definition) is 3. The summed E-state index contributed by atoms with van der Waals surface area (Å²) in [7, 11) is 0. The van der Waals surface area contributed by atoms with Gasteiger partial charge in [-0.15, -0.1) is 0 Å². The van der Waals surface area contributed by atoms with Crippen LogP contribution in [0, 0.1) is 0 Å². The SMILES string of the molecule is OCCOc1cccc(CCO)c1CCO. The zero-order valence-corrected chi connectivity index (χ0v) is 9.22. The predicted octanol–water partition coefficient (Wildman–Crippen LogP) is 0.127. The summed E-state index contributed by atoms with van der Waals surface area (Å²) >= 11 is 0. The van der Waals surface area contributed by atoms with Gasteiger partial charge < -0.3 is 20.1 Å². The first-order valence-corrected chi connectivity index (χ1v) is 5.39. The van der Waals surface area contributed by atoms with Crippen LogP contribution in [-0.4, -0.2) is 41.7 Å². The number of hydrogen-bond acceptors (Lipinski definition) is 4. The lowest BCUT2D eigenvalue weighted by Gasteiger charge is -2.14. The molecule has 4 heteroatoms. The molecule has 0 unspecified atom stereocenters. The van der Waals surface area contributed by atoms with Gasteiger partial charge in [0.1, 0.15) is 12.4 Å². The molecule has 0 aromatic heterocycles. The van der Waals surface area contributed by atoms with Gasteiger partial charge in [-0.25, -0.2) is 0 Å². The lowest BCUT2D eigenvalue weighted by molar-refractivity contribution is 0.199. The van der Waals surface area contributed by atoms with Crippen molar-refractivity contribution in [3.63, 3.8) is 0 Å². The van der Waals surface area contributed by atoms with Crippen molar-refractivity contribution < 1.29 is 20.1 Å². The highest BCUT2D eigenvalue weighted by Crippen LogP contribution is 2.23. The quantitative estimate of drug-likeness (QED) is 0.618. The molecule has 0 heterocycles. The highest BCUT2D eigenvalue weighted by atomic mass is 16.5. The predicted molar refractivity (Wildman–Crippen MR) is 60.6 cm³/mol. The molecule has 0 atom stereocenters. The molecule has 16 heavy (non-hydrogen) atoms. The summed E-state index contributed by atoms with van der Waals surface area (Å²) < 4.78 is 5.38. The average Bonchev–Trinajstić information content (AvgIpc) is 2.30. The zero-order chi connectivity index (χ0) is 11.8. The van der Waals surface area contributed by atoms with E-state index in [1.54, 1.807) is 0 Å². The maximum absolute atomic E-state index is 8.99. The fourth-order valence-electron chi connectivity index (χ4n) is 1.65. The molecule has 0 saturated carbocycles. The standard InChI is InChI=1S/C12H18O4/c13-6-4-10-2-1-3-12(16-9-8-15)11(10)5-7-14/h1-3,13-15H,4-9H2. The van der Waals surface area contributed by atoms with Crippen molar-refractivity contribution in [3.8, 4) is 5.75 Å². The van der Waals surface area contributed by atoms with Gasteiger partial charge >= 0.3 is 0 Å². The third-order valence-electron chi connectivity index (χ3n) is 2.32. The largest absolute Gasteiger partial charge is 0.491 e. The van der Waals surface area contributed by atoms with E-state index in [2.05, 4.69) is 0 Å². The molecule has 0 spiro atoms. The van der Waals surface area contributed by atoms with Crippen molar-refractivity contribution in [2.24, 2.45) is 0 Å². The van der Waals surface area contributed by atoms with Gasteiger partial charge in [-0.2, -0.15) is 0 Å². The molecule has 0 aliphatic rings. The van der Waals surface area contributed by atoms with Crippen molar-refractivity contribution >= 4 is 0 Å². The Kier molecular flexibility index (Phi) is 5.85. The van der Waals surface area contributed by atoms with E-state index in [9.17, 15) is 0 Å². The number of aliphatic hydroxyl groups is 3. The Balaban J connectivity index is 2.90. The van der Waals surface area contributed by atoms with E-state index in [1.165, 1.54) is 0 Å². The number of ether oxygens (including phenoxy) is 1. The van der Waals surface area contributed by atoms with Crippen LogP contribution in [0.2, 0.25) is 0 Å². The highest BCUT2D eigenvalue weighted by Gasteiger charge is 2.08. The van der Waals surface area contributed by atoms with E-state index in [1.807, 2.05) is 18.2 Å². The van der Waals surface area contributed by atoms with E-state index < -0.39 is 0 Å². The molecule has 1 aromatic carbocycles. The monoisotopic (exact) mass is 226 g/mol. The van der Waals surface area contributed by atoms with Crippen LogP contribution in [0.1, 0.15) is 11.1 Å². The Bertz CT molecular complexity index is 312. The summed E-state index contributed by atoms with van der Waals surface area (Å²) in [6.45, 7) is 0.309. The van der Waals surface area contributed by atoms with Crippen LogP contribution in [0.3, 0.4) is 0 Å². The topological polar surface area (TPSA) is 69.9 Å². The summed E-state index contributed by atoms with van der Waals surface area (Å²) in [5.41, 5.74) is 1.89. The molecule has 4 nitrogen and oxygen atoms in total. The van der Waals surface area contributed by atoms with Gasteiger partial charge in [-0.05, 0) is 30.0 Å². The molecule has 0 fully saturated rings. The molecule has 0 bridgehead atoms. The van der Waals surface area contributed by atoms with E-state index in [-0.39, 0.29) is 26.4 Å². The minimum atomic E-state index is -0.0389. The van der Waals surface area contributed by atoms with Gasteiger partial charge in [0, 0.05) is 13.2 Å². The summed E-state index contributed by atoms with van der Waals surface area (Å²) in [6, 6.07) is 5.56. The molecular weight excluding hydrogens is 208 g/mol. The second-order valence-electron chi connectivity index (χ2n) is 3.41. The van der Waals surface area contributed by atoms with Crippen molar-refractivity contribution in [1.29, 1.82) is 0 Å². The second-order valence-corrected chi connectivity index (χ2v) is 3.41. The molecule has 0 aliphatic heterocycles. The van der Waals surface area contributed by atoms with Gasteiger partial charge in [0.05, 0.1) is 6.61 Å². The average molecular weight is 226 g/mol. The van der Waals surface area contributed by atoms with Crippen molar-refractivity contribution in [3.05, 3.63) is 29.3 Å². The minimum Gasteiger partial charge on any atom is -0.491 e. The van der Waals surface area contributed by atoms with Gasteiger partial charge in [-0.1, -0.05) is 12.1 Å². The zero-order valence-electron chi connectivity index (χ0n) is 9.22. The minimum absolute atomic E-state index is 0.0389. The lowest BCUT2D eigenvalue weighted by atomic mass is 10.0. The summed E-state index contributed by atoms with van der Waals surface area (Å²) in [4.78, 5) is 0. The van der Waals surface area contributed by atoms with Crippen LogP contribution in [0.4, 0.5) is 0 Å². The third-order valence-corrected chi connectivity index (χ3v) is 2.32. The first-order chi connectivity index (χ1) is 7.83. The molecular formula is C12H18O4. The van der Waals surface area contributed by atoms with Crippen molar-refractivity contribution in [2.75, 3.05) is 26.4 Å². The number of rotatable bonds is 7. The Morgan fingerprint density at radius 2 is 1.69 bits per heavy atom. The molecule has 0 radical (unpaired) electrons. The van der Waals surface area contributed by atoms with Crippen LogP contribution in [-0.2, 0) is 12.8 Å². The molecule has 0 saturated heterocycles. The summed E-state index contributed by atoms with van der Waals surface area (Å²) in [5, 5.41) is 26.6. The van der Waals surface area contributed by atoms with Crippen LogP contribution in [0.5, 0.6) is 5.75 Å². The van der Waals surface area contributed by atoms with E-state index in [0.717, 1.165) is 11.1 Å². The fourth-order valence-corrected chi connectivity index (χ4v) is 1.65. The maximum atomic E-state index is 8.99. The lowest BCUT2D eigenvalue weighted by Crippen LogP contribution is -2.07. The smallest absolute Gasteiger partial charge is 0.122 e. The van der Waals surface area contributed by atoms with Gasteiger partial charge in [0.2, 0.25) is 0 Å². The summed E-state index contributed by atoms with van der Waals surface area (Å²) in [5.74, 6) is 0.675. The normalized spacial score (nSPS) is 10.4. The van der Waals surface area contributed by atoms with E-state index in [4.69, 9.17) is 20.1 Å². The van der Waals surface area contributed by atoms with Crippen LogP contribution in [0.25, 0.3) is 0 Å². The van der Waals surface area contributed by atoms with Crippen LogP contribution >= 0.6 is 0 Å². The van der Waals surface area contributed by atoms with Gasteiger partial charge in [-0.3, -0.25) is 0 Å². The number of benzene rings is 1. The number of aliphatic hydroxyl groups excluding tert-OH is 3. The molecule has 90 valence electrons. The fraction of sp³-hybridized carbons (Fsp3) is 0.500. The first-order valence-electron chi connectivity index (χ1n) is 5.39. The van der Waals surface area contributed by atoms with Gasteiger partial charge in [0.25, 0.3) is 0 Å². The molecule has 0 aliphatic carbocycles.